The van der Waals surface area contributed by atoms with Gasteiger partial charge in [-0.15, -0.1) is 11.3 Å². The van der Waals surface area contributed by atoms with Crippen molar-refractivity contribution in [2.75, 3.05) is 5.32 Å². The summed E-state index contributed by atoms with van der Waals surface area (Å²) in [5.74, 6) is -0.874. The number of nitrogens with one attached hydrogen (secondary N) is 1. The zero-order chi connectivity index (χ0) is 16.3. The highest BCUT2D eigenvalue weighted by molar-refractivity contribution is 7.12. The van der Waals surface area contributed by atoms with E-state index in [2.05, 4.69) is 5.32 Å². The molecule has 2 aromatic rings. The van der Waals surface area contributed by atoms with Crippen molar-refractivity contribution in [3.63, 3.8) is 0 Å². The second-order valence-corrected chi connectivity index (χ2v) is 6.77. The normalized spacial score (nSPS) is 11.8. The average molecular weight is 338 g/mol. The van der Waals surface area contributed by atoms with Gasteiger partial charge in [0.15, 0.2) is 6.10 Å². The van der Waals surface area contributed by atoms with Crippen LogP contribution in [0.25, 0.3) is 0 Å². The first-order valence-corrected chi connectivity index (χ1v) is 7.90. The quantitative estimate of drug-likeness (QED) is 0.850. The van der Waals surface area contributed by atoms with E-state index in [1.807, 2.05) is 13.8 Å². The lowest BCUT2D eigenvalue weighted by Crippen LogP contribution is -2.30. The lowest BCUT2D eigenvalue weighted by atomic mass is 10.2. The van der Waals surface area contributed by atoms with Gasteiger partial charge in [-0.1, -0.05) is 11.6 Å². The molecule has 1 heterocycles. The number of halogens is 1. The molecule has 0 spiro atoms. The third-order valence-electron chi connectivity index (χ3n) is 3.03. The molecule has 1 aromatic carbocycles. The van der Waals surface area contributed by atoms with E-state index in [0.29, 0.717) is 16.3 Å². The zero-order valence-corrected chi connectivity index (χ0v) is 14.0. The first-order valence-electron chi connectivity index (χ1n) is 6.71. The molecule has 1 aromatic heterocycles. The van der Waals surface area contributed by atoms with E-state index < -0.39 is 12.1 Å². The third kappa shape index (κ3) is 4.08. The van der Waals surface area contributed by atoms with E-state index in [9.17, 15) is 9.59 Å². The molecule has 22 heavy (non-hydrogen) atoms. The van der Waals surface area contributed by atoms with E-state index in [0.717, 1.165) is 9.75 Å². The predicted molar refractivity (Wildman–Crippen MR) is 88.8 cm³/mol. The lowest BCUT2D eigenvalue weighted by molar-refractivity contribution is -0.123. The Kier molecular flexibility index (Phi) is 5.21. The van der Waals surface area contributed by atoms with Crippen molar-refractivity contribution < 1.29 is 14.3 Å². The smallest absolute Gasteiger partial charge is 0.340 e. The van der Waals surface area contributed by atoms with Crippen LogP contribution in [-0.4, -0.2) is 18.0 Å². The first kappa shape index (κ1) is 16.5. The highest BCUT2D eigenvalue weighted by atomic mass is 35.5. The summed E-state index contributed by atoms with van der Waals surface area (Å²) in [7, 11) is 0. The molecule has 116 valence electrons. The minimum Gasteiger partial charge on any atom is -0.449 e. The molecule has 0 radical (unpaired) electrons. The number of carbonyl (C=O) groups excluding carboxylic acids is 2. The van der Waals surface area contributed by atoms with E-state index in [1.54, 1.807) is 30.3 Å². The summed E-state index contributed by atoms with van der Waals surface area (Å²) in [6, 6.07) is 8.48. The van der Waals surface area contributed by atoms with Crippen LogP contribution in [-0.2, 0) is 9.53 Å². The maximum Gasteiger partial charge on any atom is 0.340 e. The number of hydrogen-bond acceptors (Lipinski definition) is 4. The van der Waals surface area contributed by atoms with Gasteiger partial charge in [-0.2, -0.15) is 0 Å². The van der Waals surface area contributed by atoms with Gasteiger partial charge in [0.1, 0.15) is 0 Å². The van der Waals surface area contributed by atoms with Gasteiger partial charge in [-0.05, 0) is 51.1 Å². The maximum atomic E-state index is 12.1. The van der Waals surface area contributed by atoms with E-state index in [4.69, 9.17) is 16.3 Å². The first-order chi connectivity index (χ1) is 10.4. The highest BCUT2D eigenvalue weighted by Gasteiger charge is 2.21. The molecular formula is C16H16ClNO3S. The standard InChI is InChI=1S/C16H16ClNO3S/c1-9-8-14(11(3)22-9)16(20)21-10(2)15(19)18-13-6-4-12(17)5-7-13/h4-8,10H,1-3H3,(H,18,19)/t10-/m1/s1. The van der Waals surface area contributed by atoms with Crippen molar-refractivity contribution in [2.24, 2.45) is 0 Å². The zero-order valence-electron chi connectivity index (χ0n) is 12.5. The molecule has 1 amide bonds. The number of hydrogen-bond donors (Lipinski definition) is 1. The van der Waals surface area contributed by atoms with E-state index in [1.165, 1.54) is 18.3 Å². The van der Waals surface area contributed by atoms with Crippen molar-refractivity contribution >= 4 is 40.5 Å². The summed E-state index contributed by atoms with van der Waals surface area (Å²) in [5, 5.41) is 3.26. The Morgan fingerprint density at radius 2 is 1.86 bits per heavy atom. The minimum atomic E-state index is -0.886. The number of amides is 1. The van der Waals surface area contributed by atoms with Gasteiger partial charge >= 0.3 is 5.97 Å². The monoisotopic (exact) mass is 337 g/mol. The van der Waals surface area contributed by atoms with Gasteiger partial charge < -0.3 is 10.1 Å². The fourth-order valence-corrected chi connectivity index (χ4v) is 2.93. The lowest BCUT2D eigenvalue weighted by Gasteiger charge is -2.13. The van der Waals surface area contributed by atoms with Gasteiger partial charge in [0.25, 0.3) is 5.91 Å². The maximum absolute atomic E-state index is 12.1. The van der Waals surface area contributed by atoms with Crippen LogP contribution in [0.1, 0.15) is 27.0 Å². The van der Waals surface area contributed by atoms with Crippen molar-refractivity contribution in [3.8, 4) is 0 Å². The summed E-state index contributed by atoms with van der Waals surface area (Å²) in [5.41, 5.74) is 1.11. The van der Waals surface area contributed by atoms with Crippen molar-refractivity contribution in [2.45, 2.75) is 26.9 Å². The molecular weight excluding hydrogens is 322 g/mol. The molecule has 0 saturated carbocycles. The second kappa shape index (κ2) is 6.94. The molecule has 4 nitrogen and oxygen atoms in total. The number of thiophene rings is 1. The van der Waals surface area contributed by atoms with Crippen LogP contribution >= 0.6 is 22.9 Å². The molecule has 2 rings (SSSR count). The van der Waals surface area contributed by atoms with E-state index in [-0.39, 0.29) is 5.91 Å². The third-order valence-corrected chi connectivity index (χ3v) is 4.24. The van der Waals surface area contributed by atoms with Crippen LogP contribution < -0.4 is 5.32 Å². The van der Waals surface area contributed by atoms with Crippen LogP contribution in [0.4, 0.5) is 5.69 Å². The molecule has 0 unspecified atom stereocenters. The average Bonchev–Trinajstić information content (AvgIpc) is 2.80. The Labute approximate surface area is 138 Å². The second-order valence-electron chi connectivity index (χ2n) is 4.87. The van der Waals surface area contributed by atoms with Crippen LogP contribution in [0.2, 0.25) is 5.02 Å². The SMILES string of the molecule is Cc1cc(C(=O)O[C@H](C)C(=O)Nc2ccc(Cl)cc2)c(C)s1. The minimum absolute atomic E-state index is 0.389. The molecule has 0 saturated heterocycles. The molecule has 6 heteroatoms. The van der Waals surface area contributed by atoms with Crippen LogP contribution in [0.5, 0.6) is 0 Å². The van der Waals surface area contributed by atoms with Crippen molar-refractivity contribution in [1.82, 2.24) is 0 Å². The summed E-state index contributed by atoms with van der Waals surface area (Å²) in [6.07, 6.45) is -0.886. The topological polar surface area (TPSA) is 55.4 Å². The van der Waals surface area contributed by atoms with Gasteiger partial charge in [0.05, 0.1) is 5.56 Å². The van der Waals surface area contributed by atoms with Crippen LogP contribution in [0.15, 0.2) is 30.3 Å². The van der Waals surface area contributed by atoms with Gasteiger partial charge in [-0.25, -0.2) is 4.79 Å². The van der Waals surface area contributed by atoms with Gasteiger partial charge in [-0.3, -0.25) is 4.79 Å². The molecule has 0 fully saturated rings. The van der Waals surface area contributed by atoms with E-state index >= 15 is 0 Å². The highest BCUT2D eigenvalue weighted by Crippen LogP contribution is 2.22. The number of esters is 1. The Balaban J connectivity index is 1.97. The Morgan fingerprint density at radius 1 is 1.23 bits per heavy atom. The van der Waals surface area contributed by atoms with Crippen molar-refractivity contribution in [1.29, 1.82) is 0 Å². The Morgan fingerprint density at radius 3 is 2.41 bits per heavy atom. The van der Waals surface area contributed by atoms with Gasteiger partial charge in [0.2, 0.25) is 0 Å². The Hall–Kier alpha value is -1.85. The molecule has 0 aliphatic rings. The number of ether oxygens (including phenoxy) is 1. The summed E-state index contributed by atoms with van der Waals surface area (Å²) in [4.78, 5) is 26.0. The molecule has 1 atom stereocenters. The van der Waals surface area contributed by atoms with Crippen LogP contribution in [0, 0.1) is 13.8 Å². The molecule has 0 aliphatic carbocycles. The number of aryl methyl sites for hydroxylation is 2. The fourth-order valence-electron chi connectivity index (χ4n) is 1.89. The number of rotatable bonds is 4. The number of anilines is 1. The van der Waals surface area contributed by atoms with Crippen molar-refractivity contribution in [3.05, 3.63) is 50.7 Å². The number of benzene rings is 1. The molecule has 0 aliphatic heterocycles. The molecule has 1 N–H and O–H groups in total. The van der Waals surface area contributed by atoms with Crippen LogP contribution in [0.3, 0.4) is 0 Å². The fraction of sp³-hybridized carbons (Fsp3) is 0.250. The predicted octanol–water partition coefficient (Wildman–Crippen LogP) is 4.20. The number of carbonyl (C=O) groups is 2. The summed E-state index contributed by atoms with van der Waals surface area (Å²) in [6.45, 7) is 5.32. The summed E-state index contributed by atoms with van der Waals surface area (Å²) < 4.78 is 5.22. The largest absolute Gasteiger partial charge is 0.449 e. The summed E-state index contributed by atoms with van der Waals surface area (Å²) >= 11 is 7.31. The Bertz CT molecular complexity index is 694. The molecule has 0 bridgehead atoms. The van der Waals surface area contributed by atoms with Gasteiger partial charge in [0, 0.05) is 20.5 Å².